The average molecular weight is 446 g/mol. The van der Waals surface area contributed by atoms with Crippen LogP contribution in [-0.2, 0) is 29.2 Å². The maximum absolute atomic E-state index is 9.35. The van der Waals surface area contributed by atoms with Crippen LogP contribution >= 0.6 is 0 Å². The fourth-order valence-electron chi connectivity index (χ4n) is 4.65. The van der Waals surface area contributed by atoms with E-state index in [1.54, 1.807) is 0 Å². The van der Waals surface area contributed by atoms with E-state index < -0.39 is 0 Å². The van der Waals surface area contributed by atoms with Gasteiger partial charge in [0.05, 0.1) is 19.3 Å². The van der Waals surface area contributed by atoms with Gasteiger partial charge in [0.15, 0.2) is 0 Å². The van der Waals surface area contributed by atoms with Crippen LogP contribution in [0.2, 0.25) is 0 Å². The Morgan fingerprint density at radius 1 is 0.697 bits per heavy atom. The molecule has 3 atom stereocenters. The summed E-state index contributed by atoms with van der Waals surface area (Å²) in [4.78, 5) is 2.51. The van der Waals surface area contributed by atoms with Crippen molar-refractivity contribution in [2.45, 2.75) is 57.3 Å². The first-order chi connectivity index (χ1) is 16.3. The van der Waals surface area contributed by atoms with Crippen molar-refractivity contribution < 1.29 is 14.6 Å². The van der Waals surface area contributed by atoms with Gasteiger partial charge in [-0.15, -0.1) is 0 Å². The van der Waals surface area contributed by atoms with Crippen molar-refractivity contribution in [1.82, 2.24) is 4.90 Å². The SMILES string of the molecule is OCCCC[C@H]1[C@H](OCc2ccccc2)[C@H](OCc2ccccc2)CN1Cc1ccccc1. The lowest BCUT2D eigenvalue weighted by molar-refractivity contribution is -0.0720. The molecule has 0 unspecified atom stereocenters. The zero-order chi connectivity index (χ0) is 22.7. The van der Waals surface area contributed by atoms with Crippen LogP contribution in [-0.4, -0.2) is 41.4 Å². The average Bonchev–Trinajstić information content (AvgIpc) is 3.19. The van der Waals surface area contributed by atoms with Gasteiger partial charge in [-0.05, 0) is 36.0 Å². The second-order valence-electron chi connectivity index (χ2n) is 8.80. The first-order valence-corrected chi connectivity index (χ1v) is 12.0. The molecule has 1 fully saturated rings. The van der Waals surface area contributed by atoms with Gasteiger partial charge in [-0.3, -0.25) is 4.90 Å². The normalized spacial score (nSPS) is 20.8. The maximum atomic E-state index is 9.35. The summed E-state index contributed by atoms with van der Waals surface area (Å²) in [6, 6.07) is 31.6. The van der Waals surface area contributed by atoms with Gasteiger partial charge in [0.25, 0.3) is 0 Å². The van der Waals surface area contributed by atoms with Gasteiger partial charge in [0.1, 0.15) is 6.10 Å². The molecule has 0 spiro atoms. The van der Waals surface area contributed by atoms with E-state index in [-0.39, 0.29) is 24.9 Å². The van der Waals surface area contributed by atoms with Crippen molar-refractivity contribution in [3.63, 3.8) is 0 Å². The minimum Gasteiger partial charge on any atom is -0.396 e. The fraction of sp³-hybridized carbons (Fsp3) is 0.379. The third kappa shape index (κ3) is 6.99. The highest BCUT2D eigenvalue weighted by Gasteiger charge is 2.42. The van der Waals surface area contributed by atoms with Gasteiger partial charge in [-0.25, -0.2) is 0 Å². The Morgan fingerprint density at radius 2 is 1.24 bits per heavy atom. The standard InChI is InChI=1S/C29H35NO3/c31-19-11-10-18-27-29(33-23-26-16-8-3-9-17-26)28(32-22-25-14-6-2-7-15-25)21-30(27)20-24-12-4-1-5-13-24/h1-9,12-17,27-29,31H,10-11,18-23H2/t27-,28+,29-/m0/s1. The van der Waals surface area contributed by atoms with E-state index in [1.165, 1.54) is 16.7 Å². The predicted molar refractivity (Wildman–Crippen MR) is 132 cm³/mol. The van der Waals surface area contributed by atoms with Crippen molar-refractivity contribution in [2.24, 2.45) is 0 Å². The van der Waals surface area contributed by atoms with Crippen molar-refractivity contribution >= 4 is 0 Å². The molecule has 1 N–H and O–H groups in total. The number of ether oxygens (including phenoxy) is 2. The molecule has 1 saturated heterocycles. The van der Waals surface area contributed by atoms with Crippen molar-refractivity contribution in [3.8, 4) is 0 Å². The van der Waals surface area contributed by atoms with Crippen LogP contribution in [0.25, 0.3) is 0 Å². The first kappa shape index (κ1) is 23.7. The minimum atomic E-state index is -0.0173. The number of unbranched alkanes of at least 4 members (excludes halogenated alkanes) is 1. The van der Waals surface area contributed by atoms with Crippen LogP contribution in [0.5, 0.6) is 0 Å². The van der Waals surface area contributed by atoms with E-state index >= 15 is 0 Å². The van der Waals surface area contributed by atoms with Crippen LogP contribution in [0.3, 0.4) is 0 Å². The summed E-state index contributed by atoms with van der Waals surface area (Å²) in [6.07, 6.45) is 2.76. The van der Waals surface area contributed by atoms with Gasteiger partial charge in [-0.2, -0.15) is 0 Å². The summed E-state index contributed by atoms with van der Waals surface area (Å²) in [5.41, 5.74) is 3.66. The molecule has 1 aliphatic rings. The molecule has 33 heavy (non-hydrogen) atoms. The number of likely N-dealkylation sites (tertiary alicyclic amines) is 1. The lowest BCUT2D eigenvalue weighted by atomic mass is 10.0. The number of hydrogen-bond donors (Lipinski definition) is 1. The molecule has 4 nitrogen and oxygen atoms in total. The Kier molecular flexibility index (Phi) is 9.08. The predicted octanol–water partition coefficient (Wildman–Crippen LogP) is 5.20. The second kappa shape index (κ2) is 12.7. The third-order valence-corrected chi connectivity index (χ3v) is 6.36. The Morgan fingerprint density at radius 3 is 1.82 bits per heavy atom. The molecule has 174 valence electrons. The van der Waals surface area contributed by atoms with E-state index in [0.29, 0.717) is 13.2 Å². The molecular formula is C29H35NO3. The summed E-state index contributed by atoms with van der Waals surface area (Å²) in [5, 5.41) is 9.35. The molecule has 1 aliphatic heterocycles. The molecular weight excluding hydrogens is 410 g/mol. The molecule has 0 radical (unpaired) electrons. The zero-order valence-electron chi connectivity index (χ0n) is 19.3. The molecule has 0 aliphatic carbocycles. The summed E-state index contributed by atoms with van der Waals surface area (Å²) in [7, 11) is 0. The highest BCUT2D eigenvalue weighted by Crippen LogP contribution is 2.30. The number of aliphatic hydroxyl groups is 1. The van der Waals surface area contributed by atoms with E-state index in [9.17, 15) is 5.11 Å². The summed E-state index contributed by atoms with van der Waals surface area (Å²) in [5.74, 6) is 0. The number of aliphatic hydroxyl groups excluding tert-OH is 1. The van der Waals surface area contributed by atoms with Gasteiger partial charge in [-0.1, -0.05) is 91.0 Å². The van der Waals surface area contributed by atoms with Crippen molar-refractivity contribution in [2.75, 3.05) is 13.2 Å². The number of rotatable bonds is 12. The quantitative estimate of drug-likeness (QED) is 0.389. The third-order valence-electron chi connectivity index (χ3n) is 6.36. The summed E-state index contributed by atoms with van der Waals surface area (Å²) < 4.78 is 13.1. The van der Waals surface area contributed by atoms with Crippen LogP contribution in [0.1, 0.15) is 36.0 Å². The van der Waals surface area contributed by atoms with Crippen molar-refractivity contribution in [3.05, 3.63) is 108 Å². The highest BCUT2D eigenvalue weighted by atomic mass is 16.5. The molecule has 4 rings (SSSR count). The van der Waals surface area contributed by atoms with E-state index in [2.05, 4.69) is 83.8 Å². The van der Waals surface area contributed by atoms with Crippen LogP contribution in [0.15, 0.2) is 91.0 Å². The van der Waals surface area contributed by atoms with Crippen LogP contribution in [0.4, 0.5) is 0 Å². The molecule has 0 aromatic heterocycles. The Hall–Kier alpha value is -2.50. The second-order valence-corrected chi connectivity index (χ2v) is 8.80. The molecule has 0 bridgehead atoms. The fourth-order valence-corrected chi connectivity index (χ4v) is 4.65. The van der Waals surface area contributed by atoms with Gasteiger partial charge in [0.2, 0.25) is 0 Å². The molecule has 1 heterocycles. The van der Waals surface area contributed by atoms with E-state index in [4.69, 9.17) is 9.47 Å². The molecule has 4 heteroatoms. The molecule has 0 amide bonds. The molecule has 3 aromatic rings. The topological polar surface area (TPSA) is 41.9 Å². The lowest BCUT2D eigenvalue weighted by Crippen LogP contribution is -2.38. The van der Waals surface area contributed by atoms with Gasteiger partial charge < -0.3 is 14.6 Å². The molecule has 0 saturated carbocycles. The lowest BCUT2D eigenvalue weighted by Gasteiger charge is -2.29. The summed E-state index contributed by atoms with van der Waals surface area (Å²) in [6.45, 7) is 3.10. The minimum absolute atomic E-state index is 0.00300. The number of hydrogen-bond acceptors (Lipinski definition) is 4. The maximum Gasteiger partial charge on any atom is 0.101 e. The van der Waals surface area contributed by atoms with E-state index in [1.807, 2.05) is 12.1 Å². The van der Waals surface area contributed by atoms with Crippen LogP contribution < -0.4 is 0 Å². The number of benzene rings is 3. The van der Waals surface area contributed by atoms with Crippen molar-refractivity contribution in [1.29, 1.82) is 0 Å². The number of nitrogens with zero attached hydrogens (tertiary/aromatic N) is 1. The summed E-state index contributed by atoms with van der Waals surface area (Å²) >= 11 is 0. The Balaban J connectivity index is 1.51. The molecule has 3 aromatic carbocycles. The van der Waals surface area contributed by atoms with E-state index in [0.717, 1.165) is 32.4 Å². The Bertz CT molecular complexity index is 919. The monoisotopic (exact) mass is 445 g/mol. The smallest absolute Gasteiger partial charge is 0.101 e. The zero-order valence-corrected chi connectivity index (χ0v) is 19.3. The van der Waals surface area contributed by atoms with Crippen LogP contribution in [0, 0.1) is 0 Å². The Labute approximate surface area is 197 Å². The largest absolute Gasteiger partial charge is 0.396 e. The van der Waals surface area contributed by atoms with Gasteiger partial charge in [0, 0.05) is 25.7 Å². The highest BCUT2D eigenvalue weighted by molar-refractivity contribution is 5.17. The van der Waals surface area contributed by atoms with Gasteiger partial charge >= 0.3 is 0 Å². The first-order valence-electron chi connectivity index (χ1n) is 12.0.